The summed E-state index contributed by atoms with van der Waals surface area (Å²) < 4.78 is 18.8. The maximum Gasteiger partial charge on any atom is 0.149 e. The van der Waals surface area contributed by atoms with Crippen molar-refractivity contribution in [3.8, 4) is 0 Å². The van der Waals surface area contributed by atoms with Crippen LogP contribution in [0.15, 0.2) is 18.2 Å². The molecule has 1 atom stereocenters. The van der Waals surface area contributed by atoms with Crippen molar-refractivity contribution in [2.75, 3.05) is 18.5 Å². The molecule has 1 aliphatic rings. The van der Waals surface area contributed by atoms with Crippen molar-refractivity contribution in [3.05, 3.63) is 29.6 Å². The van der Waals surface area contributed by atoms with Crippen LogP contribution >= 0.6 is 0 Å². The molecule has 1 fully saturated rings. The molecular weight excluding hydrogens is 181 g/mol. The standard InChI is InChI=1S/C11H14FNO/c1-8-3-2-4-10(11(8)12)13-9-5-6-14-7-9/h2-4,9,13H,5-7H2,1H3. The minimum Gasteiger partial charge on any atom is -0.379 e. The van der Waals surface area contributed by atoms with E-state index < -0.39 is 0 Å². The lowest BCUT2D eigenvalue weighted by Crippen LogP contribution is -2.19. The molecule has 2 rings (SSSR count). The third-order valence-electron chi connectivity index (χ3n) is 2.48. The second-order valence-corrected chi connectivity index (χ2v) is 3.64. The van der Waals surface area contributed by atoms with Crippen LogP contribution in [-0.4, -0.2) is 19.3 Å². The van der Waals surface area contributed by atoms with Crippen LogP contribution in [0.3, 0.4) is 0 Å². The van der Waals surface area contributed by atoms with E-state index in [2.05, 4.69) is 5.32 Å². The molecule has 0 aliphatic carbocycles. The smallest absolute Gasteiger partial charge is 0.149 e. The van der Waals surface area contributed by atoms with E-state index in [1.165, 1.54) is 0 Å². The first-order valence-electron chi connectivity index (χ1n) is 4.87. The van der Waals surface area contributed by atoms with Crippen LogP contribution in [0, 0.1) is 12.7 Å². The summed E-state index contributed by atoms with van der Waals surface area (Å²) in [6.07, 6.45) is 0.952. The number of benzene rings is 1. The predicted octanol–water partition coefficient (Wildman–Crippen LogP) is 2.33. The average molecular weight is 195 g/mol. The normalized spacial score (nSPS) is 21.1. The van der Waals surface area contributed by atoms with E-state index in [1.54, 1.807) is 19.1 Å². The summed E-state index contributed by atoms with van der Waals surface area (Å²) in [4.78, 5) is 0. The first kappa shape index (κ1) is 9.46. The van der Waals surface area contributed by atoms with E-state index in [0.29, 0.717) is 17.9 Å². The number of nitrogens with one attached hydrogen (secondary N) is 1. The van der Waals surface area contributed by atoms with Crippen LogP contribution in [0.4, 0.5) is 10.1 Å². The number of hydrogen-bond acceptors (Lipinski definition) is 2. The number of rotatable bonds is 2. The highest BCUT2D eigenvalue weighted by Gasteiger charge is 2.16. The van der Waals surface area contributed by atoms with Gasteiger partial charge >= 0.3 is 0 Å². The maximum atomic E-state index is 13.6. The number of aryl methyl sites for hydroxylation is 1. The minimum absolute atomic E-state index is 0.153. The van der Waals surface area contributed by atoms with Crippen molar-refractivity contribution in [1.82, 2.24) is 0 Å². The summed E-state index contributed by atoms with van der Waals surface area (Å²) in [5.41, 5.74) is 1.26. The van der Waals surface area contributed by atoms with E-state index >= 15 is 0 Å². The van der Waals surface area contributed by atoms with Crippen molar-refractivity contribution in [3.63, 3.8) is 0 Å². The Morgan fingerprint density at radius 3 is 3.07 bits per heavy atom. The summed E-state index contributed by atoms with van der Waals surface area (Å²) in [5.74, 6) is -0.153. The molecule has 76 valence electrons. The van der Waals surface area contributed by atoms with Gasteiger partial charge in [-0.05, 0) is 25.0 Å². The average Bonchev–Trinajstić information content (AvgIpc) is 2.66. The largest absolute Gasteiger partial charge is 0.379 e. The molecule has 1 heterocycles. The molecule has 1 aliphatic heterocycles. The van der Waals surface area contributed by atoms with Crippen molar-refractivity contribution in [2.45, 2.75) is 19.4 Å². The Labute approximate surface area is 83.1 Å². The molecule has 1 aromatic carbocycles. The molecule has 0 amide bonds. The zero-order valence-corrected chi connectivity index (χ0v) is 8.22. The second kappa shape index (κ2) is 3.96. The van der Waals surface area contributed by atoms with Gasteiger partial charge in [0.15, 0.2) is 0 Å². The van der Waals surface area contributed by atoms with Crippen LogP contribution in [0.1, 0.15) is 12.0 Å². The van der Waals surface area contributed by atoms with Gasteiger partial charge in [0.2, 0.25) is 0 Å². The number of halogens is 1. The van der Waals surface area contributed by atoms with Gasteiger partial charge in [0, 0.05) is 6.61 Å². The monoisotopic (exact) mass is 195 g/mol. The Bertz CT molecular complexity index is 321. The van der Waals surface area contributed by atoms with Crippen LogP contribution in [0.5, 0.6) is 0 Å². The minimum atomic E-state index is -0.153. The van der Waals surface area contributed by atoms with E-state index in [9.17, 15) is 4.39 Å². The molecular formula is C11H14FNO. The van der Waals surface area contributed by atoms with Crippen LogP contribution in [0.25, 0.3) is 0 Å². The predicted molar refractivity (Wildman–Crippen MR) is 54.0 cm³/mol. The molecule has 0 radical (unpaired) electrons. The maximum absolute atomic E-state index is 13.6. The van der Waals surface area contributed by atoms with E-state index in [4.69, 9.17) is 4.74 Å². The number of hydrogen-bond donors (Lipinski definition) is 1. The van der Waals surface area contributed by atoms with E-state index in [0.717, 1.165) is 13.0 Å². The Hall–Kier alpha value is -1.09. The lowest BCUT2D eigenvalue weighted by Gasteiger charge is -2.13. The molecule has 1 unspecified atom stereocenters. The molecule has 14 heavy (non-hydrogen) atoms. The van der Waals surface area contributed by atoms with Gasteiger partial charge in [0.1, 0.15) is 5.82 Å². The fourth-order valence-electron chi connectivity index (χ4n) is 1.63. The van der Waals surface area contributed by atoms with E-state index in [1.807, 2.05) is 6.07 Å². The van der Waals surface area contributed by atoms with Crippen molar-refractivity contribution in [1.29, 1.82) is 0 Å². The van der Waals surface area contributed by atoms with Gasteiger partial charge in [-0.3, -0.25) is 0 Å². The summed E-state index contributed by atoms with van der Waals surface area (Å²) in [6, 6.07) is 5.65. The Morgan fingerprint density at radius 1 is 1.50 bits per heavy atom. The zero-order valence-electron chi connectivity index (χ0n) is 8.22. The zero-order chi connectivity index (χ0) is 9.97. The Balaban J connectivity index is 2.11. The lowest BCUT2D eigenvalue weighted by molar-refractivity contribution is 0.195. The summed E-state index contributed by atoms with van der Waals surface area (Å²) in [6.45, 7) is 3.21. The Morgan fingerprint density at radius 2 is 2.36 bits per heavy atom. The van der Waals surface area contributed by atoms with Gasteiger partial charge in [-0.1, -0.05) is 12.1 Å². The summed E-state index contributed by atoms with van der Waals surface area (Å²) in [7, 11) is 0. The molecule has 1 saturated heterocycles. The van der Waals surface area contributed by atoms with Crippen molar-refractivity contribution >= 4 is 5.69 Å². The molecule has 0 spiro atoms. The number of ether oxygens (including phenoxy) is 1. The summed E-state index contributed by atoms with van der Waals surface area (Å²) >= 11 is 0. The van der Waals surface area contributed by atoms with Crippen LogP contribution in [-0.2, 0) is 4.74 Å². The van der Waals surface area contributed by atoms with Crippen molar-refractivity contribution < 1.29 is 9.13 Å². The molecule has 0 saturated carbocycles. The number of anilines is 1. The molecule has 1 N–H and O–H groups in total. The second-order valence-electron chi connectivity index (χ2n) is 3.64. The molecule has 2 nitrogen and oxygen atoms in total. The molecule has 3 heteroatoms. The summed E-state index contributed by atoms with van der Waals surface area (Å²) in [5, 5.41) is 3.15. The van der Waals surface area contributed by atoms with Crippen LogP contribution in [0.2, 0.25) is 0 Å². The first-order valence-corrected chi connectivity index (χ1v) is 4.87. The molecule has 0 aromatic heterocycles. The fraction of sp³-hybridized carbons (Fsp3) is 0.455. The third kappa shape index (κ3) is 1.87. The lowest BCUT2D eigenvalue weighted by atomic mass is 10.2. The topological polar surface area (TPSA) is 21.3 Å². The third-order valence-corrected chi connectivity index (χ3v) is 2.48. The van der Waals surface area contributed by atoms with Crippen LogP contribution < -0.4 is 5.32 Å². The highest BCUT2D eigenvalue weighted by atomic mass is 19.1. The van der Waals surface area contributed by atoms with Gasteiger partial charge in [-0.2, -0.15) is 0 Å². The SMILES string of the molecule is Cc1cccc(NC2CCOC2)c1F. The first-order chi connectivity index (χ1) is 6.77. The fourth-order valence-corrected chi connectivity index (χ4v) is 1.63. The quantitative estimate of drug-likeness (QED) is 0.782. The van der Waals surface area contributed by atoms with Gasteiger partial charge in [-0.15, -0.1) is 0 Å². The van der Waals surface area contributed by atoms with Gasteiger partial charge < -0.3 is 10.1 Å². The van der Waals surface area contributed by atoms with Crippen molar-refractivity contribution in [2.24, 2.45) is 0 Å². The highest BCUT2D eigenvalue weighted by Crippen LogP contribution is 2.19. The molecule has 0 bridgehead atoms. The van der Waals surface area contributed by atoms with Gasteiger partial charge in [-0.25, -0.2) is 4.39 Å². The Kier molecular flexibility index (Phi) is 2.68. The van der Waals surface area contributed by atoms with E-state index in [-0.39, 0.29) is 11.9 Å². The molecule has 1 aromatic rings. The van der Waals surface area contributed by atoms with Gasteiger partial charge in [0.05, 0.1) is 18.3 Å². The van der Waals surface area contributed by atoms with Gasteiger partial charge in [0.25, 0.3) is 0 Å². The highest BCUT2D eigenvalue weighted by molar-refractivity contribution is 5.48.